The van der Waals surface area contributed by atoms with Crippen molar-refractivity contribution in [2.24, 2.45) is 5.41 Å². The number of rotatable bonds is 2. The lowest BCUT2D eigenvalue weighted by Crippen LogP contribution is -2.05. The van der Waals surface area contributed by atoms with Gasteiger partial charge in [-0.3, -0.25) is 0 Å². The van der Waals surface area contributed by atoms with E-state index in [1.54, 1.807) is 0 Å². The van der Waals surface area contributed by atoms with Gasteiger partial charge in [-0.25, -0.2) is 0 Å². The van der Waals surface area contributed by atoms with Crippen LogP contribution in [0.15, 0.2) is 30.8 Å². The predicted molar refractivity (Wildman–Crippen MR) is 64.3 cm³/mol. The predicted octanol–water partition coefficient (Wildman–Crippen LogP) is 4.44. The van der Waals surface area contributed by atoms with Crippen LogP contribution in [-0.2, 0) is 0 Å². The fourth-order valence-corrected chi connectivity index (χ4v) is 1.53. The van der Waals surface area contributed by atoms with Crippen LogP contribution < -0.4 is 0 Å². The minimum atomic E-state index is 0.321. The van der Waals surface area contributed by atoms with Gasteiger partial charge in [-0.2, -0.15) is 0 Å². The maximum Gasteiger partial charge on any atom is -0.0230 e. The Labute approximate surface area is 87.7 Å². The second-order valence-electron chi connectivity index (χ2n) is 5.21. The Balaban J connectivity index is 2.76. The van der Waals surface area contributed by atoms with Crippen molar-refractivity contribution in [1.82, 2.24) is 0 Å². The molecule has 0 aliphatic heterocycles. The van der Waals surface area contributed by atoms with Crippen molar-refractivity contribution >= 4 is 5.57 Å². The molecule has 0 amide bonds. The second kappa shape index (κ2) is 4.00. The van der Waals surface area contributed by atoms with Crippen molar-refractivity contribution in [3.8, 4) is 0 Å². The van der Waals surface area contributed by atoms with Gasteiger partial charge in [0.05, 0.1) is 0 Å². The van der Waals surface area contributed by atoms with E-state index >= 15 is 0 Å². The third kappa shape index (κ3) is 3.37. The molecule has 1 aromatic rings. The van der Waals surface area contributed by atoms with Crippen molar-refractivity contribution in [1.29, 1.82) is 0 Å². The van der Waals surface area contributed by atoms with Gasteiger partial charge in [-0.1, -0.05) is 57.2 Å². The summed E-state index contributed by atoms with van der Waals surface area (Å²) in [5.74, 6) is 0. The van der Waals surface area contributed by atoms with E-state index in [0.717, 1.165) is 6.42 Å². The topological polar surface area (TPSA) is 0 Å². The van der Waals surface area contributed by atoms with Crippen LogP contribution in [0.2, 0.25) is 0 Å². The molecule has 0 heteroatoms. The molecular weight excluding hydrogens is 168 g/mol. The Hall–Kier alpha value is -1.04. The maximum atomic E-state index is 4.14. The lowest BCUT2D eigenvalue weighted by Gasteiger charge is -2.19. The van der Waals surface area contributed by atoms with Gasteiger partial charge in [-0.05, 0) is 29.9 Å². The summed E-state index contributed by atoms with van der Waals surface area (Å²) in [5.41, 5.74) is 4.13. The highest BCUT2D eigenvalue weighted by molar-refractivity contribution is 5.63. The second-order valence-corrected chi connectivity index (χ2v) is 5.21. The molecule has 76 valence electrons. The number of benzene rings is 1. The first-order valence-electron chi connectivity index (χ1n) is 5.13. The molecule has 1 aromatic carbocycles. The van der Waals surface area contributed by atoms with E-state index in [9.17, 15) is 0 Å². The average molecular weight is 188 g/mol. The first kappa shape index (κ1) is 11.0. The summed E-state index contributed by atoms with van der Waals surface area (Å²) in [5, 5.41) is 0. The highest BCUT2D eigenvalue weighted by atomic mass is 14.2. The smallest absolute Gasteiger partial charge is 0.0230 e. The molecule has 0 aliphatic carbocycles. The minimum Gasteiger partial charge on any atom is -0.0952 e. The molecule has 0 spiro atoms. The van der Waals surface area contributed by atoms with E-state index in [1.807, 2.05) is 0 Å². The normalized spacial score (nSPS) is 11.4. The number of allylic oxidation sites excluding steroid dienone is 1. The van der Waals surface area contributed by atoms with Crippen LogP contribution in [-0.4, -0.2) is 0 Å². The SMILES string of the molecule is C=C(CC(C)(C)C)c1ccc(C)cc1. The molecule has 0 saturated carbocycles. The molecule has 0 saturated heterocycles. The summed E-state index contributed by atoms with van der Waals surface area (Å²) in [6.45, 7) is 13.0. The monoisotopic (exact) mass is 188 g/mol. The van der Waals surface area contributed by atoms with Gasteiger partial charge in [0.1, 0.15) is 0 Å². The first-order valence-corrected chi connectivity index (χ1v) is 5.13. The van der Waals surface area contributed by atoms with Crippen molar-refractivity contribution < 1.29 is 0 Å². The van der Waals surface area contributed by atoms with E-state index in [2.05, 4.69) is 58.5 Å². The van der Waals surface area contributed by atoms with Crippen molar-refractivity contribution in [2.45, 2.75) is 34.1 Å². The Morgan fingerprint density at radius 3 is 2.07 bits per heavy atom. The van der Waals surface area contributed by atoms with Crippen molar-refractivity contribution in [3.63, 3.8) is 0 Å². The molecule has 0 N–H and O–H groups in total. The fraction of sp³-hybridized carbons (Fsp3) is 0.429. The van der Waals surface area contributed by atoms with Gasteiger partial charge in [0.25, 0.3) is 0 Å². The highest BCUT2D eigenvalue weighted by Gasteiger charge is 2.12. The standard InChI is InChI=1S/C14H20/c1-11-6-8-13(9-7-11)12(2)10-14(3,4)5/h6-9H,2,10H2,1,3-5H3. The van der Waals surface area contributed by atoms with Gasteiger partial charge in [0.2, 0.25) is 0 Å². The zero-order chi connectivity index (χ0) is 10.8. The quantitative estimate of drug-likeness (QED) is 0.643. The van der Waals surface area contributed by atoms with Gasteiger partial charge >= 0.3 is 0 Å². The van der Waals surface area contributed by atoms with Crippen molar-refractivity contribution in [2.75, 3.05) is 0 Å². The van der Waals surface area contributed by atoms with Crippen molar-refractivity contribution in [3.05, 3.63) is 42.0 Å². The van der Waals surface area contributed by atoms with Gasteiger partial charge < -0.3 is 0 Å². The lowest BCUT2D eigenvalue weighted by atomic mass is 9.86. The molecule has 14 heavy (non-hydrogen) atoms. The molecule has 0 bridgehead atoms. The molecule has 0 heterocycles. The Bertz CT molecular complexity index is 309. The Morgan fingerprint density at radius 1 is 1.14 bits per heavy atom. The zero-order valence-electron chi connectivity index (χ0n) is 9.72. The molecular formula is C14H20. The van der Waals surface area contributed by atoms with Crippen LogP contribution in [0, 0.1) is 12.3 Å². The lowest BCUT2D eigenvalue weighted by molar-refractivity contribution is 0.427. The van der Waals surface area contributed by atoms with Crippen LogP contribution in [0.3, 0.4) is 0 Å². The largest absolute Gasteiger partial charge is 0.0952 e. The number of hydrogen-bond donors (Lipinski definition) is 0. The van der Waals surface area contributed by atoms with E-state index in [-0.39, 0.29) is 0 Å². The minimum absolute atomic E-state index is 0.321. The molecule has 0 aliphatic rings. The van der Waals surface area contributed by atoms with Crippen LogP contribution in [0.4, 0.5) is 0 Å². The molecule has 0 unspecified atom stereocenters. The number of aryl methyl sites for hydroxylation is 1. The summed E-state index contributed by atoms with van der Waals surface area (Å²) < 4.78 is 0. The molecule has 0 radical (unpaired) electrons. The fourth-order valence-electron chi connectivity index (χ4n) is 1.53. The molecule has 0 fully saturated rings. The van der Waals surface area contributed by atoms with Crippen LogP contribution in [0.5, 0.6) is 0 Å². The van der Waals surface area contributed by atoms with Crippen LogP contribution in [0.1, 0.15) is 38.3 Å². The Kier molecular flexibility index (Phi) is 3.15. The summed E-state index contributed by atoms with van der Waals surface area (Å²) in [4.78, 5) is 0. The Morgan fingerprint density at radius 2 is 1.64 bits per heavy atom. The summed E-state index contributed by atoms with van der Waals surface area (Å²) in [7, 11) is 0. The number of hydrogen-bond acceptors (Lipinski definition) is 0. The van der Waals surface area contributed by atoms with E-state index in [4.69, 9.17) is 0 Å². The van der Waals surface area contributed by atoms with E-state index in [0.29, 0.717) is 5.41 Å². The summed E-state index contributed by atoms with van der Waals surface area (Å²) in [6, 6.07) is 8.60. The van der Waals surface area contributed by atoms with Gasteiger partial charge in [0, 0.05) is 0 Å². The molecule has 0 atom stereocenters. The third-order valence-corrected chi connectivity index (χ3v) is 2.20. The van der Waals surface area contributed by atoms with E-state index < -0.39 is 0 Å². The molecule has 1 rings (SSSR count). The highest BCUT2D eigenvalue weighted by Crippen LogP contribution is 2.28. The van der Waals surface area contributed by atoms with E-state index in [1.165, 1.54) is 16.7 Å². The molecule has 0 aromatic heterocycles. The molecule has 0 nitrogen and oxygen atoms in total. The first-order chi connectivity index (χ1) is 6.38. The summed E-state index contributed by atoms with van der Waals surface area (Å²) in [6.07, 6.45) is 1.05. The van der Waals surface area contributed by atoms with Crippen LogP contribution >= 0.6 is 0 Å². The zero-order valence-corrected chi connectivity index (χ0v) is 9.72. The van der Waals surface area contributed by atoms with Gasteiger partial charge in [0.15, 0.2) is 0 Å². The van der Waals surface area contributed by atoms with Gasteiger partial charge in [-0.15, -0.1) is 0 Å². The van der Waals surface area contributed by atoms with Crippen LogP contribution in [0.25, 0.3) is 5.57 Å². The maximum absolute atomic E-state index is 4.14. The average Bonchev–Trinajstić information content (AvgIpc) is 2.02. The third-order valence-electron chi connectivity index (χ3n) is 2.20. The summed E-state index contributed by atoms with van der Waals surface area (Å²) >= 11 is 0.